The van der Waals surface area contributed by atoms with Gasteiger partial charge < -0.3 is 9.47 Å². The van der Waals surface area contributed by atoms with Crippen molar-refractivity contribution >= 4 is 60.3 Å². The summed E-state index contributed by atoms with van der Waals surface area (Å²) >= 11 is 0. The molecule has 1 aromatic heterocycles. The minimum absolute atomic E-state index is 0.335. The van der Waals surface area contributed by atoms with E-state index in [0.717, 1.165) is 6.42 Å². The van der Waals surface area contributed by atoms with Crippen molar-refractivity contribution in [2.45, 2.75) is 13.3 Å². The second-order valence-corrected chi connectivity index (χ2v) is 12.7. The molecular weight excluding hydrogens is 569 g/mol. The number of rotatable bonds is 5. The molecule has 0 bridgehead atoms. The van der Waals surface area contributed by atoms with Crippen molar-refractivity contribution in [3.05, 3.63) is 181 Å². The number of para-hydroxylation sites is 3. The highest BCUT2D eigenvalue weighted by molar-refractivity contribution is 6.10. The summed E-state index contributed by atoms with van der Waals surface area (Å²) in [5.74, 6) is 0.335. The standard InChI is InChI=1S/C45H34N2/c1-31-28-34(35-23-22-32-12-5-6-13-33(32)29-35)24-27-42(31)46(37-15-3-2-4-16-37)38-25-26-39-36(30-38)14-11-21-43(39)47-44-19-9-7-17-40(44)41-18-8-10-20-45(41)47/h2-27,29-31H,28H2,1H3. The van der Waals surface area contributed by atoms with Crippen LogP contribution in [0, 0.1) is 5.92 Å². The average Bonchev–Trinajstić information content (AvgIpc) is 3.46. The maximum absolute atomic E-state index is 2.45. The largest absolute Gasteiger partial charge is 0.314 e. The SMILES string of the molecule is CC1CC(c2ccc3ccccc3c2)=CC=C1N(c1ccccc1)c1ccc2c(-n3c4ccccc4c4ccccc43)cccc2c1. The Morgan fingerprint density at radius 2 is 1.19 bits per heavy atom. The van der Waals surface area contributed by atoms with E-state index in [1.54, 1.807) is 0 Å². The fourth-order valence-corrected chi connectivity index (χ4v) is 7.55. The molecule has 1 atom stereocenters. The van der Waals surface area contributed by atoms with E-state index in [9.17, 15) is 0 Å². The van der Waals surface area contributed by atoms with E-state index in [4.69, 9.17) is 0 Å². The first-order chi connectivity index (χ1) is 23.2. The highest BCUT2D eigenvalue weighted by Gasteiger charge is 2.24. The van der Waals surface area contributed by atoms with Crippen molar-refractivity contribution in [2.24, 2.45) is 5.92 Å². The van der Waals surface area contributed by atoms with Gasteiger partial charge in [0.15, 0.2) is 0 Å². The molecule has 1 unspecified atom stereocenters. The third-order valence-corrected chi connectivity index (χ3v) is 9.80. The Morgan fingerprint density at radius 3 is 1.96 bits per heavy atom. The van der Waals surface area contributed by atoms with Crippen molar-refractivity contribution in [3.63, 3.8) is 0 Å². The molecule has 0 saturated carbocycles. The van der Waals surface area contributed by atoms with E-state index in [0.29, 0.717) is 5.92 Å². The van der Waals surface area contributed by atoms with E-state index < -0.39 is 0 Å². The van der Waals surface area contributed by atoms with Crippen LogP contribution in [0.2, 0.25) is 0 Å². The topological polar surface area (TPSA) is 8.17 Å². The minimum Gasteiger partial charge on any atom is -0.314 e. The first kappa shape index (κ1) is 27.5. The number of hydrogen-bond acceptors (Lipinski definition) is 1. The van der Waals surface area contributed by atoms with Crippen LogP contribution in [0.15, 0.2) is 176 Å². The average molecular weight is 603 g/mol. The minimum atomic E-state index is 0.335. The molecule has 2 nitrogen and oxygen atoms in total. The summed E-state index contributed by atoms with van der Waals surface area (Å²) in [5, 5.41) is 7.59. The maximum Gasteiger partial charge on any atom is 0.0541 e. The normalized spacial score (nSPS) is 14.9. The first-order valence-electron chi connectivity index (χ1n) is 16.5. The smallest absolute Gasteiger partial charge is 0.0541 e. The fraction of sp³-hybridized carbons (Fsp3) is 0.0667. The molecule has 47 heavy (non-hydrogen) atoms. The number of benzene rings is 7. The van der Waals surface area contributed by atoms with Gasteiger partial charge in [-0.1, -0.05) is 122 Å². The van der Waals surface area contributed by atoms with Gasteiger partial charge in [-0.2, -0.15) is 0 Å². The lowest BCUT2D eigenvalue weighted by Gasteiger charge is -2.34. The second-order valence-electron chi connectivity index (χ2n) is 12.7. The van der Waals surface area contributed by atoms with Gasteiger partial charge in [-0.05, 0) is 88.3 Å². The number of anilines is 2. The van der Waals surface area contributed by atoms with Crippen LogP contribution in [0.5, 0.6) is 0 Å². The van der Waals surface area contributed by atoms with Gasteiger partial charge in [0.25, 0.3) is 0 Å². The van der Waals surface area contributed by atoms with Gasteiger partial charge in [-0.15, -0.1) is 0 Å². The second kappa shape index (κ2) is 11.2. The Bertz CT molecular complexity index is 2460. The van der Waals surface area contributed by atoms with Gasteiger partial charge in [0, 0.05) is 39.1 Å². The van der Waals surface area contributed by atoms with Gasteiger partial charge in [-0.25, -0.2) is 0 Å². The molecule has 7 aromatic carbocycles. The molecule has 8 aromatic rings. The molecule has 0 saturated heterocycles. The summed E-state index contributed by atoms with van der Waals surface area (Å²) in [6.07, 6.45) is 5.65. The molecule has 0 fully saturated rings. The molecule has 224 valence electrons. The number of aromatic nitrogens is 1. The maximum atomic E-state index is 2.45. The molecule has 1 heterocycles. The zero-order valence-electron chi connectivity index (χ0n) is 26.3. The van der Waals surface area contributed by atoms with Crippen molar-refractivity contribution in [1.82, 2.24) is 4.57 Å². The van der Waals surface area contributed by atoms with Gasteiger partial charge in [0.2, 0.25) is 0 Å². The van der Waals surface area contributed by atoms with Crippen LogP contribution in [0.3, 0.4) is 0 Å². The van der Waals surface area contributed by atoms with Crippen LogP contribution < -0.4 is 4.90 Å². The molecular formula is C45H34N2. The first-order valence-corrected chi connectivity index (χ1v) is 16.5. The summed E-state index contributed by atoms with van der Waals surface area (Å²) in [4.78, 5) is 2.45. The van der Waals surface area contributed by atoms with Crippen molar-refractivity contribution in [1.29, 1.82) is 0 Å². The fourth-order valence-electron chi connectivity index (χ4n) is 7.55. The predicted octanol–water partition coefficient (Wildman–Crippen LogP) is 12.2. The Balaban J connectivity index is 1.17. The van der Waals surface area contributed by atoms with Crippen molar-refractivity contribution < 1.29 is 0 Å². The third-order valence-electron chi connectivity index (χ3n) is 9.80. The summed E-state index contributed by atoms with van der Waals surface area (Å²) in [7, 11) is 0. The van der Waals surface area contributed by atoms with E-state index in [1.165, 1.54) is 77.2 Å². The van der Waals surface area contributed by atoms with Crippen LogP contribution in [-0.2, 0) is 0 Å². The van der Waals surface area contributed by atoms with E-state index in [1.807, 2.05) is 0 Å². The molecule has 0 radical (unpaired) electrons. The van der Waals surface area contributed by atoms with Gasteiger partial charge in [0.05, 0.1) is 16.7 Å². The highest BCUT2D eigenvalue weighted by atomic mass is 15.2. The number of fused-ring (bicyclic) bond motifs is 5. The van der Waals surface area contributed by atoms with Crippen LogP contribution >= 0.6 is 0 Å². The molecule has 0 amide bonds. The number of hydrogen-bond donors (Lipinski definition) is 0. The lowest BCUT2D eigenvalue weighted by Crippen LogP contribution is -2.23. The molecule has 0 aliphatic heterocycles. The Kier molecular flexibility index (Phi) is 6.53. The quantitative estimate of drug-likeness (QED) is 0.190. The van der Waals surface area contributed by atoms with Crippen molar-refractivity contribution in [2.75, 3.05) is 4.90 Å². The van der Waals surface area contributed by atoms with Crippen LogP contribution in [-0.4, -0.2) is 4.57 Å². The van der Waals surface area contributed by atoms with Gasteiger partial charge in [-0.3, -0.25) is 0 Å². The molecule has 0 spiro atoms. The molecule has 1 aliphatic carbocycles. The van der Waals surface area contributed by atoms with E-state index in [2.05, 4.69) is 186 Å². The molecule has 1 aliphatic rings. The van der Waals surface area contributed by atoms with E-state index >= 15 is 0 Å². The van der Waals surface area contributed by atoms with E-state index in [-0.39, 0.29) is 0 Å². The summed E-state index contributed by atoms with van der Waals surface area (Å²) in [6.45, 7) is 2.36. The van der Waals surface area contributed by atoms with Gasteiger partial charge >= 0.3 is 0 Å². The summed E-state index contributed by atoms with van der Waals surface area (Å²) in [5.41, 5.74) is 9.99. The Morgan fingerprint density at radius 1 is 0.511 bits per heavy atom. The Labute approximate surface area is 275 Å². The zero-order valence-corrected chi connectivity index (χ0v) is 26.3. The monoisotopic (exact) mass is 602 g/mol. The van der Waals surface area contributed by atoms with Crippen LogP contribution in [0.4, 0.5) is 11.4 Å². The highest BCUT2D eigenvalue weighted by Crippen LogP contribution is 2.41. The predicted molar refractivity (Wildman–Crippen MR) is 201 cm³/mol. The van der Waals surface area contributed by atoms with Crippen LogP contribution in [0.25, 0.3) is 54.6 Å². The lowest BCUT2D eigenvalue weighted by molar-refractivity contribution is 0.680. The summed E-state index contributed by atoms with van der Waals surface area (Å²) in [6, 6.07) is 57.4. The third kappa shape index (κ3) is 4.64. The van der Waals surface area contributed by atoms with Crippen LogP contribution in [0.1, 0.15) is 18.9 Å². The molecule has 2 heteroatoms. The number of nitrogens with zero attached hydrogens (tertiary/aromatic N) is 2. The Hall–Kier alpha value is -5.86. The lowest BCUT2D eigenvalue weighted by atomic mass is 9.87. The zero-order chi connectivity index (χ0) is 31.3. The van der Waals surface area contributed by atoms with Crippen molar-refractivity contribution in [3.8, 4) is 5.69 Å². The molecule has 0 N–H and O–H groups in total. The summed E-state index contributed by atoms with van der Waals surface area (Å²) < 4.78 is 2.42. The van der Waals surface area contributed by atoms with Gasteiger partial charge in [0.1, 0.15) is 0 Å². The number of allylic oxidation sites excluding steroid dienone is 4. The molecule has 9 rings (SSSR count).